The number of hydrogen-bond donors (Lipinski definition) is 1. The molecule has 1 aromatic rings. The van der Waals surface area contributed by atoms with Gasteiger partial charge in [0.05, 0.1) is 0 Å². The van der Waals surface area contributed by atoms with Crippen molar-refractivity contribution in [2.75, 3.05) is 13.1 Å². The topological polar surface area (TPSA) is 15.3 Å². The Balaban J connectivity index is 2.10. The number of piperazine rings is 1. The third-order valence-electron chi connectivity index (χ3n) is 4.45. The lowest BCUT2D eigenvalue weighted by Gasteiger charge is -2.46. The summed E-state index contributed by atoms with van der Waals surface area (Å²) in [5.41, 5.74) is 2.63. The fourth-order valence-electron chi connectivity index (χ4n) is 3.08. The average Bonchev–Trinajstić information content (AvgIpc) is 2.36. The standard InChI is InChI=1S/C18H29ClN2/c1-13(2)8-16-11-21(18(4,5)12-20-16)10-15-7-6-14(3)9-17(15)19/h6-7,9,13,16,20H,8,10-12H2,1-5H3. The number of benzene rings is 1. The zero-order chi connectivity index (χ0) is 15.6. The Kier molecular flexibility index (Phi) is 5.34. The molecule has 2 rings (SSSR count). The van der Waals surface area contributed by atoms with E-state index >= 15 is 0 Å². The van der Waals surface area contributed by atoms with E-state index in [1.807, 2.05) is 0 Å². The Labute approximate surface area is 134 Å². The van der Waals surface area contributed by atoms with E-state index in [0.29, 0.717) is 6.04 Å². The zero-order valence-corrected chi connectivity index (χ0v) is 14.8. The molecule has 1 saturated heterocycles. The molecule has 0 saturated carbocycles. The molecule has 1 aliphatic heterocycles. The van der Waals surface area contributed by atoms with Gasteiger partial charge in [0, 0.05) is 36.2 Å². The number of halogens is 1. The van der Waals surface area contributed by atoms with Crippen LogP contribution in [0.1, 0.15) is 45.2 Å². The second-order valence-electron chi connectivity index (χ2n) is 7.50. The first-order chi connectivity index (χ1) is 9.78. The fraction of sp³-hybridized carbons (Fsp3) is 0.667. The summed E-state index contributed by atoms with van der Waals surface area (Å²) in [6.45, 7) is 14.4. The maximum absolute atomic E-state index is 6.42. The first-order valence-corrected chi connectivity index (χ1v) is 8.39. The summed E-state index contributed by atoms with van der Waals surface area (Å²) in [6.07, 6.45) is 1.23. The van der Waals surface area contributed by atoms with E-state index in [4.69, 9.17) is 11.6 Å². The lowest BCUT2D eigenvalue weighted by atomic mass is 9.93. The van der Waals surface area contributed by atoms with E-state index in [1.165, 1.54) is 17.5 Å². The lowest BCUT2D eigenvalue weighted by Crippen LogP contribution is -2.61. The monoisotopic (exact) mass is 308 g/mol. The number of nitrogens with one attached hydrogen (secondary N) is 1. The van der Waals surface area contributed by atoms with E-state index in [2.05, 4.69) is 63.0 Å². The van der Waals surface area contributed by atoms with Gasteiger partial charge in [0.25, 0.3) is 0 Å². The van der Waals surface area contributed by atoms with E-state index < -0.39 is 0 Å². The molecular formula is C18H29ClN2. The Morgan fingerprint density at radius 1 is 1.38 bits per heavy atom. The van der Waals surface area contributed by atoms with Crippen molar-refractivity contribution in [2.24, 2.45) is 5.92 Å². The Morgan fingerprint density at radius 2 is 2.10 bits per heavy atom. The van der Waals surface area contributed by atoms with E-state index in [0.717, 1.165) is 30.6 Å². The van der Waals surface area contributed by atoms with Crippen molar-refractivity contribution in [3.63, 3.8) is 0 Å². The molecule has 0 radical (unpaired) electrons. The van der Waals surface area contributed by atoms with Gasteiger partial charge in [-0.1, -0.05) is 37.6 Å². The Bertz CT molecular complexity index is 482. The van der Waals surface area contributed by atoms with Crippen molar-refractivity contribution >= 4 is 11.6 Å². The van der Waals surface area contributed by atoms with Crippen LogP contribution in [0.15, 0.2) is 18.2 Å². The molecule has 21 heavy (non-hydrogen) atoms. The molecule has 0 aromatic heterocycles. The average molecular weight is 309 g/mol. The summed E-state index contributed by atoms with van der Waals surface area (Å²) in [7, 11) is 0. The molecular weight excluding hydrogens is 280 g/mol. The quantitative estimate of drug-likeness (QED) is 0.894. The van der Waals surface area contributed by atoms with Gasteiger partial charge in [-0.25, -0.2) is 0 Å². The third-order valence-corrected chi connectivity index (χ3v) is 4.80. The lowest BCUT2D eigenvalue weighted by molar-refractivity contribution is 0.0536. The molecule has 1 fully saturated rings. The van der Waals surface area contributed by atoms with Crippen LogP contribution in [0.5, 0.6) is 0 Å². The van der Waals surface area contributed by atoms with Gasteiger partial charge in [0.15, 0.2) is 0 Å². The molecule has 1 atom stereocenters. The summed E-state index contributed by atoms with van der Waals surface area (Å²) in [6, 6.07) is 6.98. The molecule has 0 bridgehead atoms. The summed E-state index contributed by atoms with van der Waals surface area (Å²) in [5, 5.41) is 4.60. The predicted octanol–water partition coefficient (Wildman–Crippen LogP) is 4.25. The zero-order valence-electron chi connectivity index (χ0n) is 14.0. The van der Waals surface area contributed by atoms with Crippen molar-refractivity contribution in [3.8, 4) is 0 Å². The minimum Gasteiger partial charge on any atom is -0.311 e. The molecule has 1 aliphatic rings. The van der Waals surface area contributed by atoms with Crippen LogP contribution in [0.3, 0.4) is 0 Å². The Morgan fingerprint density at radius 3 is 2.71 bits per heavy atom. The predicted molar refractivity (Wildman–Crippen MR) is 91.9 cm³/mol. The van der Waals surface area contributed by atoms with Gasteiger partial charge in [-0.3, -0.25) is 4.90 Å². The smallest absolute Gasteiger partial charge is 0.0453 e. The molecule has 1 aromatic carbocycles. The van der Waals surface area contributed by atoms with Gasteiger partial charge in [0.2, 0.25) is 0 Å². The SMILES string of the molecule is Cc1ccc(CN2CC(CC(C)C)NCC2(C)C)c(Cl)c1. The maximum Gasteiger partial charge on any atom is 0.0453 e. The van der Waals surface area contributed by atoms with Crippen LogP contribution in [0.4, 0.5) is 0 Å². The summed E-state index contributed by atoms with van der Waals surface area (Å²) >= 11 is 6.42. The third kappa shape index (κ3) is 4.45. The molecule has 0 amide bonds. The number of aryl methyl sites for hydroxylation is 1. The first kappa shape index (κ1) is 16.8. The second kappa shape index (κ2) is 6.68. The summed E-state index contributed by atoms with van der Waals surface area (Å²) < 4.78 is 0. The molecule has 2 nitrogen and oxygen atoms in total. The van der Waals surface area contributed by atoms with Gasteiger partial charge in [-0.15, -0.1) is 0 Å². The molecule has 1 heterocycles. The van der Waals surface area contributed by atoms with Crippen molar-refractivity contribution in [3.05, 3.63) is 34.3 Å². The highest BCUT2D eigenvalue weighted by Crippen LogP contribution is 2.26. The number of hydrogen-bond acceptors (Lipinski definition) is 2. The normalized spacial score (nSPS) is 22.7. The van der Waals surface area contributed by atoms with E-state index in [9.17, 15) is 0 Å². The number of nitrogens with zero attached hydrogens (tertiary/aromatic N) is 1. The molecule has 0 spiro atoms. The Hall–Kier alpha value is -0.570. The molecule has 3 heteroatoms. The first-order valence-electron chi connectivity index (χ1n) is 8.01. The highest BCUT2D eigenvalue weighted by atomic mass is 35.5. The molecule has 1 N–H and O–H groups in total. The van der Waals surface area contributed by atoms with E-state index in [1.54, 1.807) is 0 Å². The van der Waals surface area contributed by atoms with Gasteiger partial charge < -0.3 is 5.32 Å². The highest BCUT2D eigenvalue weighted by molar-refractivity contribution is 6.31. The van der Waals surface area contributed by atoms with Crippen LogP contribution in [-0.4, -0.2) is 29.6 Å². The van der Waals surface area contributed by atoms with Crippen LogP contribution >= 0.6 is 11.6 Å². The van der Waals surface area contributed by atoms with Crippen molar-refractivity contribution in [1.82, 2.24) is 10.2 Å². The van der Waals surface area contributed by atoms with Crippen LogP contribution in [0, 0.1) is 12.8 Å². The largest absolute Gasteiger partial charge is 0.311 e. The van der Waals surface area contributed by atoms with Crippen LogP contribution in [-0.2, 0) is 6.54 Å². The van der Waals surface area contributed by atoms with Crippen LogP contribution in [0.2, 0.25) is 5.02 Å². The van der Waals surface area contributed by atoms with Gasteiger partial charge in [-0.2, -0.15) is 0 Å². The van der Waals surface area contributed by atoms with Gasteiger partial charge in [0.1, 0.15) is 0 Å². The highest BCUT2D eigenvalue weighted by Gasteiger charge is 2.34. The van der Waals surface area contributed by atoms with Crippen molar-refractivity contribution < 1.29 is 0 Å². The van der Waals surface area contributed by atoms with E-state index in [-0.39, 0.29) is 5.54 Å². The van der Waals surface area contributed by atoms with Crippen LogP contribution < -0.4 is 5.32 Å². The van der Waals surface area contributed by atoms with Crippen LogP contribution in [0.25, 0.3) is 0 Å². The minimum atomic E-state index is 0.168. The fourth-order valence-corrected chi connectivity index (χ4v) is 3.37. The molecule has 1 unspecified atom stereocenters. The summed E-state index contributed by atoms with van der Waals surface area (Å²) in [5.74, 6) is 0.730. The van der Waals surface area contributed by atoms with Gasteiger partial charge in [-0.05, 0) is 50.3 Å². The molecule has 0 aliphatic carbocycles. The minimum absolute atomic E-state index is 0.168. The van der Waals surface area contributed by atoms with Crippen molar-refractivity contribution in [2.45, 2.75) is 59.2 Å². The molecule has 118 valence electrons. The summed E-state index contributed by atoms with van der Waals surface area (Å²) in [4.78, 5) is 2.58. The second-order valence-corrected chi connectivity index (χ2v) is 7.90. The van der Waals surface area contributed by atoms with Crippen molar-refractivity contribution in [1.29, 1.82) is 0 Å². The maximum atomic E-state index is 6.42. The number of rotatable bonds is 4. The van der Waals surface area contributed by atoms with Gasteiger partial charge >= 0.3 is 0 Å².